The van der Waals surface area contributed by atoms with Crippen molar-refractivity contribution in [1.82, 2.24) is 9.62 Å². The monoisotopic (exact) mass is 378 g/mol. The van der Waals surface area contributed by atoms with Crippen LogP contribution in [0.25, 0.3) is 0 Å². The highest BCUT2D eigenvalue weighted by molar-refractivity contribution is 9.11. The molecule has 112 valence electrons. The summed E-state index contributed by atoms with van der Waals surface area (Å²) in [5.74, 6) is 0. The molecule has 4 nitrogen and oxygen atoms in total. The molecule has 3 rings (SSSR count). The molecular formula is C13H19BrN2O2S2. The molecule has 7 heteroatoms. The van der Waals surface area contributed by atoms with E-state index in [0.29, 0.717) is 17.0 Å². The van der Waals surface area contributed by atoms with Crippen LogP contribution in [0.5, 0.6) is 0 Å². The Bertz CT molecular complexity index is 602. The summed E-state index contributed by atoms with van der Waals surface area (Å²) in [7, 11) is -1.65. The first-order chi connectivity index (χ1) is 9.38. The van der Waals surface area contributed by atoms with Gasteiger partial charge in [-0.1, -0.05) is 0 Å². The molecule has 2 fully saturated rings. The number of thiophene rings is 1. The Labute approximate surface area is 132 Å². The van der Waals surface area contributed by atoms with Crippen molar-refractivity contribution in [3.05, 3.63) is 14.7 Å². The summed E-state index contributed by atoms with van der Waals surface area (Å²) >= 11 is 4.85. The molecule has 0 aliphatic carbocycles. The zero-order valence-electron chi connectivity index (χ0n) is 11.6. The van der Waals surface area contributed by atoms with Crippen LogP contribution < -0.4 is 5.32 Å². The molecule has 2 unspecified atom stereocenters. The van der Waals surface area contributed by atoms with Gasteiger partial charge in [-0.2, -0.15) is 4.31 Å². The van der Waals surface area contributed by atoms with Crippen molar-refractivity contribution in [2.75, 3.05) is 7.05 Å². The Morgan fingerprint density at radius 1 is 1.35 bits per heavy atom. The van der Waals surface area contributed by atoms with Gasteiger partial charge in [0.25, 0.3) is 0 Å². The van der Waals surface area contributed by atoms with Gasteiger partial charge in [-0.05, 0) is 54.6 Å². The maximum absolute atomic E-state index is 12.8. The first-order valence-electron chi connectivity index (χ1n) is 6.88. The minimum absolute atomic E-state index is 0.122. The van der Waals surface area contributed by atoms with Gasteiger partial charge in [0.1, 0.15) is 0 Å². The summed E-state index contributed by atoms with van der Waals surface area (Å²) in [5, 5.41) is 3.55. The van der Waals surface area contributed by atoms with E-state index in [9.17, 15) is 8.42 Å². The zero-order valence-corrected chi connectivity index (χ0v) is 14.8. The summed E-state index contributed by atoms with van der Waals surface area (Å²) < 4.78 is 28.0. The van der Waals surface area contributed by atoms with E-state index >= 15 is 0 Å². The van der Waals surface area contributed by atoms with Crippen molar-refractivity contribution in [1.29, 1.82) is 0 Å². The number of hydrogen-bond acceptors (Lipinski definition) is 4. The number of nitrogens with one attached hydrogen (secondary N) is 1. The lowest BCUT2D eigenvalue weighted by Gasteiger charge is -2.34. The number of hydrogen-bond donors (Lipinski definition) is 1. The van der Waals surface area contributed by atoms with E-state index in [1.54, 1.807) is 17.4 Å². The number of piperidine rings is 1. The lowest BCUT2D eigenvalue weighted by atomic mass is 10.0. The fraction of sp³-hybridized carbons (Fsp3) is 0.692. The molecule has 0 amide bonds. The maximum atomic E-state index is 12.8. The van der Waals surface area contributed by atoms with Crippen molar-refractivity contribution in [2.24, 2.45) is 0 Å². The fourth-order valence-corrected chi connectivity index (χ4v) is 7.12. The summed E-state index contributed by atoms with van der Waals surface area (Å²) in [6.07, 6.45) is 4.21. The summed E-state index contributed by atoms with van der Waals surface area (Å²) in [4.78, 5) is 1.29. The molecule has 20 heavy (non-hydrogen) atoms. The summed E-state index contributed by atoms with van der Waals surface area (Å²) in [6.45, 7) is 1.86. The molecule has 1 aromatic heterocycles. The smallest absolute Gasteiger partial charge is 0.244 e. The van der Waals surface area contributed by atoms with Crippen LogP contribution in [0.3, 0.4) is 0 Å². The number of nitrogens with zero attached hydrogens (tertiary/aromatic N) is 1. The minimum atomic E-state index is -3.38. The minimum Gasteiger partial charge on any atom is -0.311 e. The molecule has 2 atom stereocenters. The van der Waals surface area contributed by atoms with E-state index in [-0.39, 0.29) is 6.04 Å². The predicted octanol–water partition coefficient (Wildman–Crippen LogP) is 2.72. The van der Waals surface area contributed by atoms with E-state index in [1.807, 2.05) is 6.92 Å². The van der Waals surface area contributed by atoms with Gasteiger partial charge in [0.05, 0.1) is 8.68 Å². The number of fused-ring (bicyclic) bond motifs is 2. The largest absolute Gasteiger partial charge is 0.311 e. The van der Waals surface area contributed by atoms with Crippen LogP contribution in [0.15, 0.2) is 14.7 Å². The van der Waals surface area contributed by atoms with Crippen molar-refractivity contribution in [3.63, 3.8) is 0 Å². The Kier molecular flexibility index (Phi) is 4.01. The molecular weight excluding hydrogens is 360 g/mol. The molecule has 3 heterocycles. The van der Waals surface area contributed by atoms with Crippen LogP contribution in [0.1, 0.15) is 30.6 Å². The standard InChI is InChI=1S/C13H19BrN2O2S2/c1-8-12(7-13(14)19-8)20(17,18)16(2)11-5-9-3-4-10(6-11)15-9/h7,9-11,15H,3-6H2,1-2H3. The number of aryl methyl sites for hydroxylation is 1. The van der Waals surface area contributed by atoms with Gasteiger partial charge >= 0.3 is 0 Å². The van der Waals surface area contributed by atoms with Crippen LogP contribution in [0.2, 0.25) is 0 Å². The van der Waals surface area contributed by atoms with Gasteiger partial charge in [-0.3, -0.25) is 0 Å². The van der Waals surface area contributed by atoms with E-state index in [0.717, 1.165) is 21.5 Å². The molecule has 1 aromatic rings. The van der Waals surface area contributed by atoms with Crippen molar-refractivity contribution in [3.8, 4) is 0 Å². The highest BCUT2D eigenvalue weighted by Crippen LogP contribution is 2.35. The van der Waals surface area contributed by atoms with Crippen LogP contribution in [0.4, 0.5) is 0 Å². The van der Waals surface area contributed by atoms with Crippen molar-refractivity contribution < 1.29 is 8.42 Å². The van der Waals surface area contributed by atoms with Gasteiger partial charge in [-0.15, -0.1) is 11.3 Å². The molecule has 2 saturated heterocycles. The Balaban J connectivity index is 1.86. The number of sulfonamides is 1. The van der Waals surface area contributed by atoms with Crippen molar-refractivity contribution in [2.45, 2.75) is 55.6 Å². The molecule has 0 saturated carbocycles. The Hall–Kier alpha value is 0.0500. The van der Waals surface area contributed by atoms with Gasteiger partial charge in [0.15, 0.2) is 0 Å². The topological polar surface area (TPSA) is 49.4 Å². The third kappa shape index (κ3) is 2.59. The van der Waals surface area contributed by atoms with Gasteiger partial charge in [-0.25, -0.2) is 8.42 Å². The van der Waals surface area contributed by atoms with E-state index in [4.69, 9.17) is 0 Å². The third-order valence-corrected chi connectivity index (χ3v) is 8.18. The molecule has 1 N–H and O–H groups in total. The third-order valence-electron chi connectivity index (χ3n) is 4.46. The second-order valence-electron chi connectivity index (χ2n) is 5.76. The lowest BCUT2D eigenvalue weighted by Crippen LogP contribution is -2.48. The Morgan fingerprint density at radius 3 is 2.45 bits per heavy atom. The van der Waals surface area contributed by atoms with Crippen molar-refractivity contribution >= 4 is 37.3 Å². The van der Waals surface area contributed by atoms with E-state index in [2.05, 4.69) is 21.2 Å². The normalized spacial score (nSPS) is 30.1. The number of rotatable bonds is 3. The molecule has 0 aromatic carbocycles. The molecule has 2 aliphatic rings. The number of halogens is 1. The second-order valence-corrected chi connectivity index (χ2v) is 10.4. The highest BCUT2D eigenvalue weighted by Gasteiger charge is 2.39. The van der Waals surface area contributed by atoms with Crippen LogP contribution >= 0.6 is 27.3 Å². The predicted molar refractivity (Wildman–Crippen MR) is 84.7 cm³/mol. The van der Waals surface area contributed by atoms with Crippen LogP contribution in [-0.2, 0) is 10.0 Å². The average Bonchev–Trinajstić information content (AvgIpc) is 2.90. The molecule has 2 aliphatic heterocycles. The quantitative estimate of drug-likeness (QED) is 0.879. The molecule has 0 radical (unpaired) electrons. The SMILES string of the molecule is Cc1sc(Br)cc1S(=O)(=O)N(C)C1CC2CCC(C1)N2. The Morgan fingerprint density at radius 2 is 1.95 bits per heavy atom. The van der Waals surface area contributed by atoms with Crippen LogP contribution in [-0.4, -0.2) is 37.9 Å². The first-order valence-corrected chi connectivity index (χ1v) is 9.93. The average molecular weight is 379 g/mol. The summed E-state index contributed by atoms with van der Waals surface area (Å²) in [6, 6.07) is 2.83. The maximum Gasteiger partial charge on any atom is 0.244 e. The highest BCUT2D eigenvalue weighted by atomic mass is 79.9. The molecule has 0 spiro atoms. The zero-order chi connectivity index (χ0) is 14.5. The fourth-order valence-electron chi connectivity index (χ4n) is 3.36. The van der Waals surface area contributed by atoms with Gasteiger partial charge in [0.2, 0.25) is 10.0 Å². The summed E-state index contributed by atoms with van der Waals surface area (Å²) in [5.41, 5.74) is 0. The van der Waals surface area contributed by atoms with Gasteiger partial charge in [0, 0.05) is 30.1 Å². The molecule has 2 bridgehead atoms. The van der Waals surface area contributed by atoms with Gasteiger partial charge < -0.3 is 5.32 Å². The lowest BCUT2D eigenvalue weighted by molar-refractivity contribution is 0.251. The van der Waals surface area contributed by atoms with E-state index in [1.165, 1.54) is 24.2 Å². The second kappa shape index (κ2) is 5.35. The van der Waals surface area contributed by atoms with Crippen LogP contribution in [0, 0.1) is 6.92 Å². The van der Waals surface area contributed by atoms with E-state index < -0.39 is 10.0 Å². The first kappa shape index (κ1) is 15.0.